The number of hydrogen-bond donors (Lipinski definition) is 3. The summed E-state index contributed by atoms with van der Waals surface area (Å²) in [6, 6.07) is 0. The third-order valence-corrected chi connectivity index (χ3v) is 6.75. The highest BCUT2D eigenvalue weighted by molar-refractivity contribution is 6.28. The average Bonchev–Trinajstić information content (AvgIpc) is 3.45. The van der Waals surface area contributed by atoms with Crippen molar-refractivity contribution in [1.82, 2.24) is 19.7 Å². The Morgan fingerprint density at radius 3 is 2.66 bits per heavy atom. The van der Waals surface area contributed by atoms with Gasteiger partial charge in [0.15, 0.2) is 17.5 Å². The number of aliphatic hydroxyl groups excluding tert-OH is 2. The summed E-state index contributed by atoms with van der Waals surface area (Å²) in [6.07, 6.45) is 6.97. The Hall–Kier alpha value is -1.96. The monoisotopic (exact) mass is 419 g/mol. The lowest BCUT2D eigenvalue weighted by molar-refractivity contribution is -0.0633. The maximum atomic E-state index is 10.6. The largest absolute Gasteiger partial charge is 0.394 e. The number of nitrogens with zero attached hydrogens (tertiary/aromatic N) is 5. The van der Waals surface area contributed by atoms with Crippen LogP contribution in [0.25, 0.3) is 11.0 Å². The second kappa shape index (κ2) is 6.79. The van der Waals surface area contributed by atoms with Gasteiger partial charge in [0.25, 0.3) is 0 Å². The van der Waals surface area contributed by atoms with Crippen LogP contribution in [0.3, 0.4) is 0 Å². The van der Waals surface area contributed by atoms with Crippen molar-refractivity contribution >= 4 is 28.5 Å². The summed E-state index contributed by atoms with van der Waals surface area (Å²) < 4.78 is 6.98. The Kier molecular flexibility index (Phi) is 4.46. The molecule has 0 amide bonds. The first-order valence-corrected chi connectivity index (χ1v) is 10.1. The van der Waals surface area contributed by atoms with E-state index in [9.17, 15) is 15.3 Å². The van der Waals surface area contributed by atoms with Crippen molar-refractivity contribution in [3.05, 3.63) is 11.5 Å². The molecule has 0 bridgehead atoms. The Morgan fingerprint density at radius 1 is 1.31 bits per heavy atom. The molecule has 3 fully saturated rings. The first-order chi connectivity index (χ1) is 14.0. The fourth-order valence-electron chi connectivity index (χ4n) is 5.03. The minimum Gasteiger partial charge on any atom is -0.394 e. The molecule has 3 aliphatic rings. The molecule has 2 saturated heterocycles. The van der Waals surface area contributed by atoms with Crippen molar-refractivity contribution in [3.8, 4) is 12.3 Å². The van der Waals surface area contributed by atoms with Crippen LogP contribution in [0, 0.1) is 24.2 Å². The predicted octanol–water partition coefficient (Wildman–Crippen LogP) is 0.331. The third kappa shape index (κ3) is 2.75. The number of aliphatic hydroxyl groups is 3. The molecule has 2 aromatic rings. The van der Waals surface area contributed by atoms with Gasteiger partial charge in [0.2, 0.25) is 5.28 Å². The summed E-state index contributed by atoms with van der Waals surface area (Å²) in [5.41, 5.74) is -1.66. The molecule has 154 valence electrons. The molecule has 1 aliphatic carbocycles. The summed E-state index contributed by atoms with van der Waals surface area (Å²) in [4.78, 5) is 11.0. The van der Waals surface area contributed by atoms with E-state index in [2.05, 4.69) is 25.9 Å². The lowest BCUT2D eigenvalue weighted by Gasteiger charge is -2.23. The molecule has 5 rings (SSSR count). The minimum absolute atomic E-state index is 0.0599. The number of ether oxygens (including phenoxy) is 1. The van der Waals surface area contributed by atoms with Gasteiger partial charge in [0, 0.05) is 13.1 Å². The molecule has 0 spiro atoms. The Bertz CT molecular complexity index is 981. The minimum atomic E-state index is -2.04. The number of aromatic nitrogens is 4. The van der Waals surface area contributed by atoms with Gasteiger partial charge in [0.05, 0.1) is 18.2 Å². The summed E-state index contributed by atoms with van der Waals surface area (Å²) in [6.45, 7) is 1.29. The van der Waals surface area contributed by atoms with Gasteiger partial charge in [0.1, 0.15) is 18.0 Å². The molecule has 2 aromatic heterocycles. The lowest BCUT2D eigenvalue weighted by atomic mass is 9.93. The van der Waals surface area contributed by atoms with Crippen LogP contribution < -0.4 is 4.90 Å². The highest BCUT2D eigenvalue weighted by atomic mass is 35.5. The van der Waals surface area contributed by atoms with Crippen LogP contribution in [-0.2, 0) is 4.74 Å². The summed E-state index contributed by atoms with van der Waals surface area (Å²) >= 11 is 6.22. The van der Waals surface area contributed by atoms with E-state index in [1.54, 1.807) is 6.20 Å². The molecule has 9 nitrogen and oxygen atoms in total. The van der Waals surface area contributed by atoms with Crippen LogP contribution >= 0.6 is 11.6 Å². The maximum Gasteiger partial charge on any atom is 0.226 e. The van der Waals surface area contributed by atoms with Crippen molar-refractivity contribution in [1.29, 1.82) is 0 Å². The zero-order chi connectivity index (χ0) is 20.3. The highest BCUT2D eigenvalue weighted by Crippen LogP contribution is 2.42. The van der Waals surface area contributed by atoms with E-state index in [1.807, 2.05) is 0 Å². The molecule has 10 heteroatoms. The van der Waals surface area contributed by atoms with Crippen LogP contribution in [-0.4, -0.2) is 72.6 Å². The SMILES string of the molecule is C#C[C@@]1(O)[C@@H](CO)O[C@@H](n2ncc3c(N4C[C@H]5CCC[C@H]5C4)nc(Cl)nc32)[C@@H]1O. The first kappa shape index (κ1) is 19.0. The van der Waals surface area contributed by atoms with Crippen molar-refractivity contribution in [3.63, 3.8) is 0 Å². The van der Waals surface area contributed by atoms with E-state index in [0.717, 1.165) is 13.1 Å². The molecule has 1 saturated carbocycles. The molecule has 2 aliphatic heterocycles. The second-order valence-corrected chi connectivity index (χ2v) is 8.45. The van der Waals surface area contributed by atoms with E-state index in [4.69, 9.17) is 22.8 Å². The Labute approximate surface area is 172 Å². The predicted molar refractivity (Wildman–Crippen MR) is 104 cm³/mol. The number of halogens is 1. The van der Waals surface area contributed by atoms with E-state index >= 15 is 0 Å². The highest BCUT2D eigenvalue weighted by Gasteiger charge is 2.55. The average molecular weight is 420 g/mol. The van der Waals surface area contributed by atoms with E-state index in [1.165, 1.54) is 23.9 Å². The number of rotatable bonds is 3. The van der Waals surface area contributed by atoms with Gasteiger partial charge >= 0.3 is 0 Å². The number of fused-ring (bicyclic) bond motifs is 2. The molecule has 6 atom stereocenters. The summed E-state index contributed by atoms with van der Waals surface area (Å²) in [5, 5.41) is 35.8. The number of hydrogen-bond acceptors (Lipinski definition) is 8. The van der Waals surface area contributed by atoms with Crippen molar-refractivity contribution in [2.45, 2.75) is 43.3 Å². The molecule has 29 heavy (non-hydrogen) atoms. The van der Waals surface area contributed by atoms with Gasteiger partial charge in [-0.05, 0) is 36.3 Å². The normalized spacial score (nSPS) is 36.7. The van der Waals surface area contributed by atoms with Gasteiger partial charge in [-0.1, -0.05) is 12.3 Å². The molecule has 4 heterocycles. The Morgan fingerprint density at radius 2 is 2.03 bits per heavy atom. The maximum absolute atomic E-state index is 10.6. The van der Waals surface area contributed by atoms with Crippen LogP contribution in [0.5, 0.6) is 0 Å². The van der Waals surface area contributed by atoms with Gasteiger partial charge in [-0.3, -0.25) is 0 Å². The van der Waals surface area contributed by atoms with E-state index in [-0.39, 0.29) is 5.28 Å². The fourth-order valence-corrected chi connectivity index (χ4v) is 5.19. The van der Waals surface area contributed by atoms with Gasteiger partial charge in [-0.15, -0.1) is 6.42 Å². The van der Waals surface area contributed by atoms with E-state index < -0.39 is 30.6 Å². The molecule has 0 radical (unpaired) electrons. The molecular formula is C19H22ClN5O4. The molecule has 3 N–H and O–H groups in total. The van der Waals surface area contributed by atoms with Crippen molar-refractivity contribution < 1.29 is 20.1 Å². The zero-order valence-corrected chi connectivity index (χ0v) is 16.4. The quantitative estimate of drug-likeness (QED) is 0.481. The topological polar surface area (TPSA) is 117 Å². The standard InChI is InChI=1S/C19H22ClN5O4/c1-2-19(28)13(9-26)29-17(14(19)27)25-16-12(6-21-25)15(22-18(20)23-16)24-7-10-4-3-5-11(10)8-24/h1,6,10-11,13-14,17,26-28H,3-5,7-9H2/t10-,11+,13-,14+,17-,19-/m1/s1. The van der Waals surface area contributed by atoms with Gasteiger partial charge in [-0.2, -0.15) is 15.1 Å². The number of anilines is 1. The van der Waals surface area contributed by atoms with Crippen molar-refractivity contribution in [2.75, 3.05) is 24.6 Å². The zero-order valence-electron chi connectivity index (χ0n) is 15.6. The second-order valence-electron chi connectivity index (χ2n) is 8.11. The first-order valence-electron chi connectivity index (χ1n) is 9.76. The molecule has 0 unspecified atom stereocenters. The van der Waals surface area contributed by atoms with Gasteiger partial charge < -0.3 is 25.0 Å². The summed E-state index contributed by atoms with van der Waals surface area (Å²) in [7, 11) is 0. The van der Waals surface area contributed by atoms with Gasteiger partial charge in [-0.25, -0.2) is 4.68 Å². The lowest BCUT2D eigenvalue weighted by Crippen LogP contribution is -2.47. The van der Waals surface area contributed by atoms with Crippen LogP contribution in [0.4, 0.5) is 5.82 Å². The van der Waals surface area contributed by atoms with Crippen molar-refractivity contribution in [2.24, 2.45) is 11.8 Å². The number of terminal acetylenes is 1. The fraction of sp³-hybridized carbons (Fsp3) is 0.632. The third-order valence-electron chi connectivity index (χ3n) is 6.59. The van der Waals surface area contributed by atoms with Crippen LogP contribution in [0.2, 0.25) is 5.28 Å². The van der Waals surface area contributed by atoms with Crippen LogP contribution in [0.1, 0.15) is 25.5 Å². The van der Waals surface area contributed by atoms with E-state index in [0.29, 0.717) is 28.7 Å². The smallest absolute Gasteiger partial charge is 0.226 e. The van der Waals surface area contributed by atoms with Crippen LogP contribution in [0.15, 0.2) is 6.20 Å². The molecule has 0 aromatic carbocycles. The molecular weight excluding hydrogens is 398 g/mol. The summed E-state index contributed by atoms with van der Waals surface area (Å²) in [5.74, 6) is 4.18. The Balaban J connectivity index is 1.54.